The van der Waals surface area contributed by atoms with E-state index in [-0.39, 0.29) is 0 Å². The molecule has 0 radical (unpaired) electrons. The molecule has 2 aromatic heterocycles. The van der Waals surface area contributed by atoms with E-state index in [1.165, 1.54) is 0 Å². The Kier molecular flexibility index (Phi) is 4.05. The summed E-state index contributed by atoms with van der Waals surface area (Å²) in [5.74, 6) is 0.631. The second-order valence-electron chi connectivity index (χ2n) is 6.11. The number of aromatic nitrogens is 3. The Balaban J connectivity index is 1.90. The number of fused-ring (bicyclic) bond motifs is 1. The molecule has 6 nitrogen and oxygen atoms in total. The van der Waals surface area contributed by atoms with Gasteiger partial charge in [-0.3, -0.25) is 4.79 Å². The number of nitrogens with two attached hydrogens (primary N) is 1. The van der Waals surface area contributed by atoms with Crippen LogP contribution in [0.2, 0.25) is 5.02 Å². The third-order valence-electron chi connectivity index (χ3n) is 4.35. The zero-order valence-electron chi connectivity index (χ0n) is 14.2. The molecular weight excluding hydrogens is 370 g/mol. The zero-order valence-corrected chi connectivity index (χ0v) is 15.7. The lowest BCUT2D eigenvalue weighted by Gasteiger charge is -2.27. The molecule has 132 valence electrons. The number of rotatable bonds is 3. The number of amides is 1. The molecule has 0 saturated heterocycles. The number of allylic oxidation sites excluding steroid dienone is 1. The number of nitrogens with zero attached hydrogens (tertiary/aromatic N) is 3. The Morgan fingerprint density at radius 3 is 2.81 bits per heavy atom. The first kappa shape index (κ1) is 16.8. The highest BCUT2D eigenvalue weighted by Crippen LogP contribution is 2.39. The van der Waals surface area contributed by atoms with Crippen LogP contribution < -0.4 is 11.1 Å². The van der Waals surface area contributed by atoms with Crippen LogP contribution in [-0.2, 0) is 4.79 Å². The highest BCUT2D eigenvalue weighted by molar-refractivity contribution is 7.10. The van der Waals surface area contributed by atoms with Crippen LogP contribution in [0, 0.1) is 6.92 Å². The van der Waals surface area contributed by atoms with E-state index in [2.05, 4.69) is 15.4 Å². The lowest BCUT2D eigenvalue weighted by Crippen LogP contribution is -2.31. The predicted octanol–water partition coefficient (Wildman–Crippen LogP) is 3.74. The van der Waals surface area contributed by atoms with E-state index in [0.717, 1.165) is 16.0 Å². The van der Waals surface area contributed by atoms with Crippen molar-refractivity contribution < 1.29 is 4.79 Å². The van der Waals surface area contributed by atoms with E-state index >= 15 is 0 Å². The highest BCUT2D eigenvalue weighted by Gasteiger charge is 2.34. The van der Waals surface area contributed by atoms with Crippen LogP contribution in [0.1, 0.15) is 23.4 Å². The number of benzene rings is 1. The molecule has 1 aromatic carbocycles. The molecule has 3 N–H and O–H groups in total. The summed E-state index contributed by atoms with van der Waals surface area (Å²) in [4.78, 5) is 17.8. The van der Waals surface area contributed by atoms with Crippen LogP contribution in [0.4, 0.5) is 5.95 Å². The fraction of sp³-hybridized carbons (Fsp3) is 0.167. The molecule has 8 heteroatoms. The normalized spacial score (nSPS) is 16.3. The third-order valence-corrected chi connectivity index (χ3v) is 5.66. The molecule has 4 rings (SSSR count). The van der Waals surface area contributed by atoms with E-state index < -0.39 is 11.9 Å². The van der Waals surface area contributed by atoms with Gasteiger partial charge in [0.15, 0.2) is 5.82 Å². The molecule has 0 bridgehead atoms. The summed E-state index contributed by atoms with van der Waals surface area (Å²) in [5.41, 5.74) is 8.76. The molecule has 1 atom stereocenters. The lowest BCUT2D eigenvalue weighted by molar-refractivity contribution is -0.115. The monoisotopic (exact) mass is 385 g/mol. The number of carbonyl (C=O) groups excluding carboxylic acids is 1. The average Bonchev–Trinajstić information content (AvgIpc) is 3.19. The van der Waals surface area contributed by atoms with Crippen molar-refractivity contribution in [3.63, 3.8) is 0 Å². The predicted molar refractivity (Wildman–Crippen MR) is 103 cm³/mol. The van der Waals surface area contributed by atoms with Gasteiger partial charge >= 0.3 is 0 Å². The van der Waals surface area contributed by atoms with Crippen LogP contribution in [0.25, 0.3) is 11.4 Å². The van der Waals surface area contributed by atoms with E-state index in [9.17, 15) is 4.79 Å². The lowest BCUT2D eigenvalue weighted by atomic mass is 9.99. The number of aryl methyl sites for hydroxylation is 1. The summed E-state index contributed by atoms with van der Waals surface area (Å²) in [7, 11) is 0. The molecule has 26 heavy (non-hydrogen) atoms. The largest absolute Gasteiger partial charge is 0.366 e. The first-order chi connectivity index (χ1) is 12.5. The quantitative estimate of drug-likeness (QED) is 0.719. The van der Waals surface area contributed by atoms with Crippen molar-refractivity contribution in [1.29, 1.82) is 0 Å². The van der Waals surface area contributed by atoms with Crippen LogP contribution >= 0.6 is 22.9 Å². The standard InChI is InChI=1S/C18H16ClN5OS/c1-9-6-7-26-15(9)14-13(16(20)25)10(2)21-18-22-17(23-24(14)18)11-4-3-5-12(19)8-11/h3-8,14H,1-2H3,(H2,20,25)(H,21,22,23). The molecule has 1 aliphatic rings. The summed E-state index contributed by atoms with van der Waals surface area (Å²) in [5, 5.41) is 10.4. The molecule has 0 spiro atoms. The number of carbonyl (C=O) groups is 1. The molecule has 0 saturated carbocycles. The van der Waals surface area contributed by atoms with Crippen molar-refractivity contribution in [2.24, 2.45) is 5.73 Å². The number of anilines is 1. The van der Waals surface area contributed by atoms with Gasteiger partial charge in [0.05, 0.1) is 5.57 Å². The number of hydrogen-bond acceptors (Lipinski definition) is 5. The third kappa shape index (κ3) is 2.69. The fourth-order valence-corrected chi connectivity index (χ4v) is 4.34. The molecule has 0 fully saturated rings. The summed E-state index contributed by atoms with van der Waals surface area (Å²) >= 11 is 7.67. The molecule has 1 amide bonds. The summed E-state index contributed by atoms with van der Waals surface area (Å²) in [6, 6.07) is 8.98. The van der Waals surface area contributed by atoms with Crippen molar-refractivity contribution in [3.05, 3.63) is 62.4 Å². The number of nitrogens with one attached hydrogen (secondary N) is 1. The van der Waals surface area contributed by atoms with E-state index in [1.807, 2.05) is 43.5 Å². The van der Waals surface area contributed by atoms with Crippen LogP contribution in [-0.4, -0.2) is 20.7 Å². The van der Waals surface area contributed by atoms with E-state index in [0.29, 0.717) is 28.1 Å². The summed E-state index contributed by atoms with van der Waals surface area (Å²) in [6.07, 6.45) is 0. The van der Waals surface area contributed by atoms with Gasteiger partial charge < -0.3 is 11.1 Å². The zero-order chi connectivity index (χ0) is 18.4. The second kappa shape index (κ2) is 6.26. The van der Waals surface area contributed by atoms with Crippen molar-refractivity contribution in [2.75, 3.05) is 5.32 Å². The van der Waals surface area contributed by atoms with Gasteiger partial charge in [-0.2, -0.15) is 4.98 Å². The first-order valence-electron chi connectivity index (χ1n) is 7.99. The van der Waals surface area contributed by atoms with Crippen molar-refractivity contribution in [3.8, 4) is 11.4 Å². The number of halogens is 1. The van der Waals surface area contributed by atoms with Crippen LogP contribution in [0.15, 0.2) is 47.0 Å². The minimum Gasteiger partial charge on any atom is -0.366 e. The molecule has 3 heterocycles. The smallest absolute Gasteiger partial charge is 0.248 e. The van der Waals surface area contributed by atoms with Gasteiger partial charge in [-0.05, 0) is 43.0 Å². The summed E-state index contributed by atoms with van der Waals surface area (Å²) < 4.78 is 1.72. The van der Waals surface area contributed by atoms with Gasteiger partial charge in [0.1, 0.15) is 6.04 Å². The second-order valence-corrected chi connectivity index (χ2v) is 7.50. The fourth-order valence-electron chi connectivity index (χ4n) is 3.13. The number of primary amides is 1. The van der Waals surface area contributed by atoms with Gasteiger partial charge in [0.2, 0.25) is 11.9 Å². The maximum absolute atomic E-state index is 12.2. The van der Waals surface area contributed by atoms with Crippen molar-refractivity contribution in [2.45, 2.75) is 19.9 Å². The van der Waals surface area contributed by atoms with Crippen LogP contribution in [0.3, 0.4) is 0 Å². The Morgan fingerprint density at radius 2 is 2.15 bits per heavy atom. The van der Waals surface area contributed by atoms with Gasteiger partial charge in [0, 0.05) is 21.2 Å². The molecule has 0 aliphatic carbocycles. The van der Waals surface area contributed by atoms with Crippen molar-refractivity contribution >= 4 is 34.8 Å². The van der Waals surface area contributed by atoms with Crippen molar-refractivity contribution in [1.82, 2.24) is 14.8 Å². The average molecular weight is 386 g/mol. The number of thiophene rings is 1. The van der Waals surface area contributed by atoms with Gasteiger partial charge in [-0.15, -0.1) is 16.4 Å². The topological polar surface area (TPSA) is 85.8 Å². The molecule has 1 unspecified atom stereocenters. The maximum Gasteiger partial charge on any atom is 0.248 e. The Bertz CT molecular complexity index is 1050. The highest BCUT2D eigenvalue weighted by atomic mass is 35.5. The minimum absolute atomic E-state index is 0.399. The van der Waals surface area contributed by atoms with Gasteiger partial charge in [-0.25, -0.2) is 4.68 Å². The minimum atomic E-state index is -0.474. The molecular formula is C18H16ClN5OS. The Morgan fingerprint density at radius 1 is 1.35 bits per heavy atom. The first-order valence-corrected chi connectivity index (χ1v) is 9.25. The number of hydrogen-bond donors (Lipinski definition) is 2. The maximum atomic E-state index is 12.2. The van der Waals surface area contributed by atoms with E-state index in [4.69, 9.17) is 17.3 Å². The van der Waals surface area contributed by atoms with Gasteiger partial charge in [-0.1, -0.05) is 23.7 Å². The Labute approximate surface area is 159 Å². The molecule has 1 aliphatic heterocycles. The van der Waals surface area contributed by atoms with Crippen LogP contribution in [0.5, 0.6) is 0 Å². The molecule has 3 aromatic rings. The summed E-state index contributed by atoms with van der Waals surface area (Å²) in [6.45, 7) is 3.84. The SMILES string of the molecule is CC1=C(C(N)=O)C(c2sccc2C)n2nc(-c3cccc(Cl)c3)nc2N1. The Hall–Kier alpha value is -2.64. The van der Waals surface area contributed by atoms with E-state index in [1.54, 1.807) is 22.1 Å². The van der Waals surface area contributed by atoms with Gasteiger partial charge in [0.25, 0.3) is 0 Å².